The number of diazo groups is 1. The van der Waals surface area contributed by atoms with E-state index >= 15 is 0 Å². The molecule has 0 bridgehead atoms. The lowest BCUT2D eigenvalue weighted by molar-refractivity contribution is -0.134. The first kappa shape index (κ1) is 18.4. The minimum absolute atomic E-state index is 0.165. The third-order valence-electron chi connectivity index (χ3n) is 3.57. The normalized spacial score (nSPS) is 10.1. The van der Waals surface area contributed by atoms with Crippen molar-refractivity contribution in [3.05, 3.63) is 58.6 Å². The Labute approximate surface area is 147 Å². The lowest BCUT2D eigenvalue weighted by atomic mass is 10.1. The number of rotatable bonds is 8. The second kappa shape index (κ2) is 9.40. The van der Waals surface area contributed by atoms with Gasteiger partial charge in [0, 0.05) is 13.2 Å². The molecule has 2 aromatic rings. The van der Waals surface area contributed by atoms with E-state index in [1.54, 1.807) is 37.4 Å². The molecule has 0 amide bonds. The lowest BCUT2D eigenvalue weighted by Gasteiger charge is -2.07. The van der Waals surface area contributed by atoms with Crippen molar-refractivity contribution in [3.8, 4) is 11.5 Å². The number of hydrogen-bond acceptors (Lipinski definition) is 5. The van der Waals surface area contributed by atoms with Gasteiger partial charge in [-0.05, 0) is 37.6 Å². The van der Waals surface area contributed by atoms with Crippen molar-refractivity contribution in [1.82, 2.24) is 0 Å². The molecule has 0 fully saturated rings. The van der Waals surface area contributed by atoms with Gasteiger partial charge in [0.2, 0.25) is 5.39 Å². The van der Waals surface area contributed by atoms with Gasteiger partial charge in [-0.1, -0.05) is 17.7 Å². The third kappa shape index (κ3) is 5.90. The highest BCUT2D eigenvalue weighted by atomic mass is 16.5. The molecule has 0 atom stereocenters. The first-order valence-corrected chi connectivity index (χ1v) is 7.99. The number of carbonyl (C=O) groups excluding carboxylic acids is 1. The summed E-state index contributed by atoms with van der Waals surface area (Å²) in [6, 6.07) is 12.4. The molecule has 130 valence electrons. The third-order valence-corrected chi connectivity index (χ3v) is 3.57. The van der Waals surface area contributed by atoms with Gasteiger partial charge in [0.25, 0.3) is 0 Å². The van der Waals surface area contributed by atoms with Crippen LogP contribution in [-0.2, 0) is 16.0 Å². The van der Waals surface area contributed by atoms with E-state index in [9.17, 15) is 4.79 Å². The van der Waals surface area contributed by atoms with Gasteiger partial charge in [0.05, 0.1) is 18.6 Å². The summed E-state index contributed by atoms with van der Waals surface area (Å²) in [7, 11) is 1.60. The summed E-state index contributed by atoms with van der Waals surface area (Å²) < 4.78 is 15.8. The van der Waals surface area contributed by atoms with Crippen LogP contribution >= 0.6 is 0 Å². The van der Waals surface area contributed by atoms with E-state index in [-0.39, 0.29) is 12.4 Å². The number of benzene rings is 2. The van der Waals surface area contributed by atoms with Gasteiger partial charge in [0.1, 0.15) is 18.1 Å². The molecule has 0 spiro atoms. The second-order valence-electron chi connectivity index (χ2n) is 5.52. The molecule has 6 heteroatoms. The summed E-state index contributed by atoms with van der Waals surface area (Å²) in [6.07, 6.45) is 0.545. The van der Waals surface area contributed by atoms with Crippen LogP contribution in [-0.4, -0.2) is 26.3 Å². The van der Waals surface area contributed by atoms with Crippen molar-refractivity contribution in [3.63, 3.8) is 0 Å². The Morgan fingerprint density at radius 3 is 2.48 bits per heavy atom. The van der Waals surface area contributed by atoms with Gasteiger partial charge >= 0.3 is 11.7 Å². The summed E-state index contributed by atoms with van der Waals surface area (Å²) in [5.41, 5.74) is 2.21. The Kier molecular flexibility index (Phi) is 6.93. The summed E-state index contributed by atoms with van der Waals surface area (Å²) in [5.74, 6) is 0.795. The van der Waals surface area contributed by atoms with Gasteiger partial charge in [-0.3, -0.25) is 4.79 Å². The lowest BCUT2D eigenvalue weighted by Crippen LogP contribution is -2.09. The summed E-state index contributed by atoms with van der Waals surface area (Å²) in [5, 5.41) is 9.10. The van der Waals surface area contributed by atoms with E-state index in [2.05, 4.69) is 4.98 Å². The first-order valence-electron chi connectivity index (χ1n) is 7.99. The molecule has 6 nitrogen and oxygen atoms in total. The van der Waals surface area contributed by atoms with Gasteiger partial charge < -0.3 is 14.2 Å². The van der Waals surface area contributed by atoms with Crippen LogP contribution in [0.4, 0.5) is 5.69 Å². The molecular formula is C19H21N2O4+. The minimum atomic E-state index is -0.349. The molecule has 2 aromatic carbocycles. The van der Waals surface area contributed by atoms with Crippen LogP contribution in [0.5, 0.6) is 11.5 Å². The smallest absolute Gasteiger partial charge is 0.388 e. The molecule has 0 aliphatic heterocycles. The maximum atomic E-state index is 12.0. The Balaban J connectivity index is 1.95. The molecule has 0 heterocycles. The molecule has 0 N–H and O–H groups in total. The number of esters is 1. The topological polar surface area (TPSA) is 72.9 Å². The van der Waals surface area contributed by atoms with E-state index in [0.29, 0.717) is 42.4 Å². The maximum absolute atomic E-state index is 12.0. The predicted molar refractivity (Wildman–Crippen MR) is 93.7 cm³/mol. The standard InChI is InChI=1S/C19H21N2O4/c1-14-3-6-16(7-4-14)25-19(22)10-5-15-13-17(24-12-11-23-2)8-9-18(15)21-20/h3-4,6-9,13H,5,10-12H2,1-2H3/q+1. The Hall–Kier alpha value is -2.91. The number of aryl methyl sites for hydroxylation is 2. The molecule has 0 aliphatic carbocycles. The summed E-state index contributed by atoms with van der Waals surface area (Å²) in [4.78, 5) is 15.3. The van der Waals surface area contributed by atoms with E-state index in [0.717, 1.165) is 5.56 Å². The van der Waals surface area contributed by atoms with Crippen molar-refractivity contribution in [2.75, 3.05) is 20.3 Å². The average molecular weight is 341 g/mol. The highest BCUT2D eigenvalue weighted by molar-refractivity contribution is 5.73. The molecule has 0 saturated heterocycles. The van der Waals surface area contributed by atoms with Crippen molar-refractivity contribution in [2.45, 2.75) is 19.8 Å². The molecule has 2 rings (SSSR count). The van der Waals surface area contributed by atoms with Gasteiger partial charge in [0.15, 0.2) is 4.98 Å². The van der Waals surface area contributed by atoms with Crippen LogP contribution in [0.2, 0.25) is 0 Å². The fourth-order valence-electron chi connectivity index (χ4n) is 2.22. The summed E-state index contributed by atoms with van der Waals surface area (Å²) >= 11 is 0. The molecular weight excluding hydrogens is 320 g/mol. The zero-order chi connectivity index (χ0) is 18.1. The van der Waals surface area contributed by atoms with E-state index in [1.807, 2.05) is 19.1 Å². The summed E-state index contributed by atoms with van der Waals surface area (Å²) in [6.45, 7) is 2.86. The van der Waals surface area contributed by atoms with Gasteiger partial charge in [-0.15, -0.1) is 0 Å². The monoisotopic (exact) mass is 341 g/mol. The SMILES string of the molecule is COCCOc1ccc([N+]#N)c(CCC(=O)Oc2ccc(C)cc2)c1. The molecule has 0 saturated carbocycles. The predicted octanol–water partition coefficient (Wildman–Crippen LogP) is 4.04. The van der Waals surface area contributed by atoms with E-state index in [1.165, 1.54) is 0 Å². The van der Waals surface area contributed by atoms with Crippen LogP contribution in [0, 0.1) is 12.3 Å². The first-order chi connectivity index (χ1) is 12.1. The highest BCUT2D eigenvalue weighted by Gasteiger charge is 2.16. The number of ether oxygens (including phenoxy) is 3. The molecule has 25 heavy (non-hydrogen) atoms. The zero-order valence-corrected chi connectivity index (χ0v) is 14.4. The minimum Gasteiger partial charge on any atom is -0.491 e. The fourth-order valence-corrected chi connectivity index (χ4v) is 2.22. The van der Waals surface area contributed by atoms with E-state index < -0.39 is 0 Å². The number of methoxy groups -OCH3 is 1. The largest absolute Gasteiger partial charge is 0.491 e. The van der Waals surface area contributed by atoms with Crippen LogP contribution in [0.3, 0.4) is 0 Å². The van der Waals surface area contributed by atoms with Gasteiger partial charge in [-0.2, -0.15) is 0 Å². The van der Waals surface area contributed by atoms with Crippen molar-refractivity contribution >= 4 is 11.7 Å². The second-order valence-corrected chi connectivity index (χ2v) is 5.52. The highest BCUT2D eigenvalue weighted by Crippen LogP contribution is 2.26. The number of hydrogen-bond donors (Lipinski definition) is 0. The van der Waals surface area contributed by atoms with Crippen LogP contribution in [0.15, 0.2) is 42.5 Å². The zero-order valence-electron chi connectivity index (χ0n) is 14.4. The number of nitrogens with zero attached hydrogens (tertiary/aromatic N) is 2. The maximum Gasteiger partial charge on any atom is 0.388 e. The van der Waals surface area contributed by atoms with E-state index in [4.69, 9.17) is 19.6 Å². The molecule has 0 radical (unpaired) electrons. The molecule has 0 aliphatic rings. The Bertz CT molecular complexity index is 751. The van der Waals surface area contributed by atoms with Crippen LogP contribution in [0.1, 0.15) is 17.5 Å². The molecule has 0 unspecified atom stereocenters. The van der Waals surface area contributed by atoms with Crippen molar-refractivity contribution in [1.29, 1.82) is 5.39 Å². The van der Waals surface area contributed by atoms with Crippen LogP contribution < -0.4 is 9.47 Å². The molecule has 0 aromatic heterocycles. The average Bonchev–Trinajstić information content (AvgIpc) is 2.62. The van der Waals surface area contributed by atoms with Crippen molar-refractivity contribution < 1.29 is 19.0 Å². The quantitative estimate of drug-likeness (QED) is 0.313. The van der Waals surface area contributed by atoms with Crippen LogP contribution in [0.25, 0.3) is 4.98 Å². The number of carbonyl (C=O) groups is 1. The fraction of sp³-hybridized carbons (Fsp3) is 0.316. The Morgan fingerprint density at radius 2 is 1.80 bits per heavy atom. The van der Waals surface area contributed by atoms with Crippen molar-refractivity contribution in [2.24, 2.45) is 0 Å². The van der Waals surface area contributed by atoms with Gasteiger partial charge in [-0.25, -0.2) is 0 Å². The Morgan fingerprint density at radius 1 is 1.08 bits per heavy atom.